The molecule has 0 aliphatic rings. The van der Waals surface area contributed by atoms with Crippen LogP contribution in [0.4, 0.5) is 4.39 Å². The summed E-state index contributed by atoms with van der Waals surface area (Å²) in [6.07, 6.45) is 0. The highest BCUT2D eigenvalue weighted by atomic mass is 32.2. The van der Waals surface area contributed by atoms with Crippen LogP contribution in [0.15, 0.2) is 53.4 Å². The Labute approximate surface area is 159 Å². The molecule has 1 amide bonds. The second kappa shape index (κ2) is 9.07. The molecule has 0 spiro atoms. The van der Waals surface area contributed by atoms with E-state index in [4.69, 9.17) is 0 Å². The normalized spacial score (nSPS) is 12.8. The van der Waals surface area contributed by atoms with E-state index in [0.717, 1.165) is 41.9 Å². The first-order valence-electron chi connectivity index (χ1n) is 8.60. The van der Waals surface area contributed by atoms with Crippen LogP contribution >= 0.6 is 0 Å². The molecule has 0 bridgehead atoms. The number of amides is 1. The third-order valence-corrected chi connectivity index (χ3v) is 5.52. The molecule has 2 aromatic rings. The summed E-state index contributed by atoms with van der Waals surface area (Å²) in [5.74, 6) is -0.967. The van der Waals surface area contributed by atoms with Crippen molar-refractivity contribution in [2.75, 3.05) is 14.1 Å². The zero-order valence-corrected chi connectivity index (χ0v) is 16.4. The van der Waals surface area contributed by atoms with E-state index in [9.17, 15) is 17.6 Å². The molecule has 0 aliphatic carbocycles. The van der Waals surface area contributed by atoms with Crippen LogP contribution in [0, 0.1) is 5.82 Å². The van der Waals surface area contributed by atoms with Crippen LogP contribution in [0.5, 0.6) is 0 Å². The molecule has 0 heterocycles. The molecule has 27 heavy (non-hydrogen) atoms. The van der Waals surface area contributed by atoms with E-state index in [1.54, 1.807) is 0 Å². The lowest BCUT2D eigenvalue weighted by atomic mass is 10.1. The van der Waals surface area contributed by atoms with Crippen molar-refractivity contribution in [2.24, 2.45) is 0 Å². The van der Waals surface area contributed by atoms with Gasteiger partial charge in [0.15, 0.2) is 0 Å². The monoisotopic (exact) mass is 394 g/mol. The number of carbonyl (C=O) groups is 1. The average Bonchev–Trinajstić information content (AvgIpc) is 2.60. The fraction of sp³-hybridized carbons (Fsp3) is 0.316. The van der Waals surface area contributed by atoms with Crippen LogP contribution in [0.2, 0.25) is 0 Å². The Hall–Kier alpha value is -2.29. The lowest BCUT2D eigenvalue weighted by Crippen LogP contribution is -3.04. The number of nitrogens with one attached hydrogen (secondary N) is 3. The van der Waals surface area contributed by atoms with Crippen molar-refractivity contribution in [1.82, 2.24) is 10.0 Å². The number of rotatable bonds is 8. The van der Waals surface area contributed by atoms with Gasteiger partial charge in [-0.1, -0.05) is 24.3 Å². The van der Waals surface area contributed by atoms with Gasteiger partial charge in [0.2, 0.25) is 15.9 Å². The predicted molar refractivity (Wildman–Crippen MR) is 101 cm³/mol. The minimum atomic E-state index is -3.91. The van der Waals surface area contributed by atoms with E-state index in [1.165, 1.54) is 11.8 Å². The summed E-state index contributed by atoms with van der Waals surface area (Å²) in [4.78, 5) is 13.5. The third kappa shape index (κ3) is 6.13. The first-order chi connectivity index (χ1) is 12.7. The number of sulfonamides is 1. The molecule has 0 aromatic heterocycles. The lowest BCUT2D eigenvalue weighted by Gasteiger charge is -2.16. The highest BCUT2D eigenvalue weighted by Crippen LogP contribution is 2.11. The van der Waals surface area contributed by atoms with Crippen molar-refractivity contribution < 1.29 is 22.5 Å². The molecule has 8 heteroatoms. The maximum atomic E-state index is 13.0. The minimum absolute atomic E-state index is 0.0946. The molecule has 2 rings (SSSR count). The van der Waals surface area contributed by atoms with Gasteiger partial charge >= 0.3 is 0 Å². The largest absolute Gasteiger partial charge is 0.351 e. The first-order valence-corrected chi connectivity index (χ1v) is 10.1. The van der Waals surface area contributed by atoms with Gasteiger partial charge in [0, 0.05) is 12.1 Å². The summed E-state index contributed by atoms with van der Waals surface area (Å²) < 4.78 is 39.8. The summed E-state index contributed by atoms with van der Waals surface area (Å²) in [5, 5.41) is 2.76. The maximum absolute atomic E-state index is 13.0. The summed E-state index contributed by atoms with van der Waals surface area (Å²) in [6, 6.07) is 11.3. The number of carbonyl (C=O) groups excluding carboxylic acids is 1. The van der Waals surface area contributed by atoms with Crippen molar-refractivity contribution in [3.05, 3.63) is 65.5 Å². The quantitative estimate of drug-likeness (QED) is 0.608. The van der Waals surface area contributed by atoms with Crippen LogP contribution in [-0.2, 0) is 27.9 Å². The smallest absolute Gasteiger partial charge is 0.241 e. The summed E-state index contributed by atoms with van der Waals surface area (Å²) in [6.45, 7) is 2.59. The lowest BCUT2D eigenvalue weighted by molar-refractivity contribution is -0.872. The third-order valence-electron chi connectivity index (χ3n) is 3.96. The molecule has 0 radical (unpaired) electrons. The molecule has 0 aliphatic heterocycles. The predicted octanol–water partition coefficient (Wildman–Crippen LogP) is 0.453. The average molecular weight is 394 g/mol. The molecule has 3 N–H and O–H groups in total. The Morgan fingerprint density at radius 3 is 2.26 bits per heavy atom. The van der Waals surface area contributed by atoms with Crippen LogP contribution in [0.25, 0.3) is 0 Å². The van der Waals surface area contributed by atoms with E-state index in [0.29, 0.717) is 6.54 Å². The molecular formula is C19H25FN3O3S+. The van der Waals surface area contributed by atoms with Gasteiger partial charge in [-0.3, -0.25) is 4.79 Å². The summed E-state index contributed by atoms with van der Waals surface area (Å²) in [7, 11) is 0.177. The topological polar surface area (TPSA) is 79.7 Å². The number of hydrogen-bond acceptors (Lipinski definition) is 3. The van der Waals surface area contributed by atoms with Crippen LogP contribution in [0.1, 0.15) is 18.1 Å². The second-order valence-corrected chi connectivity index (χ2v) is 8.38. The molecule has 2 aromatic carbocycles. The van der Waals surface area contributed by atoms with Crippen LogP contribution < -0.4 is 14.9 Å². The SMILES string of the molecule is C[C@H](NS(=O)(=O)c1ccc(F)cc1)C(=O)NCc1ccccc1C[NH+](C)C. The number of benzene rings is 2. The van der Waals surface area contributed by atoms with Crippen molar-refractivity contribution in [3.63, 3.8) is 0 Å². The number of quaternary nitrogens is 1. The highest BCUT2D eigenvalue weighted by Gasteiger charge is 2.22. The Balaban J connectivity index is 1.99. The first kappa shape index (κ1) is 21.0. The standard InChI is InChI=1S/C19H24FN3O3S/c1-14(22-27(25,26)18-10-8-17(20)9-11-18)19(24)21-12-15-6-4-5-7-16(15)13-23(2)3/h4-11,14,22H,12-13H2,1-3H3,(H,21,24)/p+1/t14-/m0/s1. The van der Waals surface area contributed by atoms with Gasteiger partial charge in [-0.2, -0.15) is 4.72 Å². The zero-order valence-electron chi connectivity index (χ0n) is 15.6. The van der Waals surface area contributed by atoms with Crippen LogP contribution in [-0.4, -0.2) is 34.5 Å². The van der Waals surface area contributed by atoms with Gasteiger partial charge in [-0.15, -0.1) is 0 Å². The van der Waals surface area contributed by atoms with Gasteiger partial charge in [0.05, 0.1) is 25.0 Å². The molecule has 146 valence electrons. The van der Waals surface area contributed by atoms with Gasteiger partial charge in [0.25, 0.3) is 0 Å². The van der Waals surface area contributed by atoms with Crippen LogP contribution in [0.3, 0.4) is 0 Å². The van der Waals surface area contributed by atoms with E-state index >= 15 is 0 Å². The summed E-state index contributed by atoms with van der Waals surface area (Å²) in [5.41, 5.74) is 2.11. The van der Waals surface area contributed by atoms with E-state index in [1.807, 2.05) is 38.4 Å². The second-order valence-electron chi connectivity index (χ2n) is 6.67. The van der Waals surface area contributed by atoms with E-state index < -0.39 is 27.8 Å². The van der Waals surface area contributed by atoms with Crippen molar-refractivity contribution in [2.45, 2.75) is 31.0 Å². The molecule has 0 saturated carbocycles. The molecular weight excluding hydrogens is 369 g/mol. The number of hydrogen-bond donors (Lipinski definition) is 3. The Kier molecular flexibility index (Phi) is 7.06. The zero-order chi connectivity index (χ0) is 20.0. The number of halogens is 1. The molecule has 1 atom stereocenters. The van der Waals surface area contributed by atoms with E-state index in [2.05, 4.69) is 10.0 Å². The molecule has 6 nitrogen and oxygen atoms in total. The van der Waals surface area contributed by atoms with Gasteiger partial charge < -0.3 is 10.2 Å². The Bertz CT molecular complexity index is 883. The maximum Gasteiger partial charge on any atom is 0.241 e. The van der Waals surface area contributed by atoms with Gasteiger partial charge in [-0.05, 0) is 36.8 Å². The van der Waals surface area contributed by atoms with Crippen molar-refractivity contribution in [1.29, 1.82) is 0 Å². The Morgan fingerprint density at radius 2 is 1.67 bits per heavy atom. The summed E-state index contributed by atoms with van der Waals surface area (Å²) >= 11 is 0. The Morgan fingerprint density at radius 1 is 1.07 bits per heavy atom. The van der Waals surface area contributed by atoms with Crippen molar-refractivity contribution >= 4 is 15.9 Å². The fourth-order valence-electron chi connectivity index (χ4n) is 2.59. The van der Waals surface area contributed by atoms with Gasteiger partial charge in [0.1, 0.15) is 12.4 Å². The van der Waals surface area contributed by atoms with Crippen molar-refractivity contribution in [3.8, 4) is 0 Å². The van der Waals surface area contributed by atoms with Gasteiger partial charge in [-0.25, -0.2) is 12.8 Å². The molecule has 0 unspecified atom stereocenters. The highest BCUT2D eigenvalue weighted by molar-refractivity contribution is 7.89. The molecule has 0 fully saturated rings. The fourth-order valence-corrected chi connectivity index (χ4v) is 3.79. The molecule has 0 saturated heterocycles. The van der Waals surface area contributed by atoms with E-state index in [-0.39, 0.29) is 4.90 Å². The minimum Gasteiger partial charge on any atom is -0.351 e.